The topological polar surface area (TPSA) is 69.8 Å². The molecule has 3 N–H and O–H groups in total. The number of carbonyl (C=O) groups excluding carboxylic acids is 1. The lowest BCUT2D eigenvalue weighted by Crippen LogP contribution is -2.34. The number of anilines is 1. The first-order chi connectivity index (χ1) is 10.6. The number of hydrogen-bond acceptors (Lipinski definition) is 3. The van der Waals surface area contributed by atoms with Gasteiger partial charge in [-0.2, -0.15) is 5.10 Å². The Morgan fingerprint density at radius 3 is 2.43 bits per heavy atom. The molecule has 0 radical (unpaired) electrons. The van der Waals surface area contributed by atoms with E-state index < -0.39 is 0 Å². The van der Waals surface area contributed by atoms with E-state index in [1.807, 2.05) is 0 Å². The number of hydrogen-bond donors (Lipinski definition) is 3. The monoisotopic (exact) mass is 374 g/mol. The van der Waals surface area contributed by atoms with E-state index in [9.17, 15) is 4.79 Å². The first kappa shape index (κ1) is 18.1. The van der Waals surface area contributed by atoms with Crippen molar-refractivity contribution in [2.75, 3.05) is 18.4 Å². The molecule has 1 aromatic carbocycles. The highest BCUT2D eigenvalue weighted by atomic mass is 35.5. The highest BCUT2D eigenvalue weighted by Gasteiger charge is 2.21. The quantitative estimate of drug-likeness (QED) is 0.765. The molecule has 2 aromatic rings. The fraction of sp³-hybridized carbons (Fsp3) is 0.333. The van der Waals surface area contributed by atoms with Crippen LogP contribution in [0.3, 0.4) is 0 Å². The van der Waals surface area contributed by atoms with Crippen LogP contribution in [0.25, 0.3) is 11.3 Å². The summed E-state index contributed by atoms with van der Waals surface area (Å²) in [5.74, 6) is 0.570. The number of halogens is 3. The van der Waals surface area contributed by atoms with Gasteiger partial charge < -0.3 is 10.6 Å². The molecule has 0 atom stereocenters. The number of aromatic nitrogens is 2. The molecule has 23 heavy (non-hydrogen) atoms. The number of nitrogens with one attached hydrogen (secondary N) is 3. The zero-order valence-electron chi connectivity index (χ0n) is 12.2. The zero-order chi connectivity index (χ0) is 15.5. The molecule has 5 nitrogen and oxygen atoms in total. The molecular formula is C15H17Cl3N4O. The second-order valence-corrected chi connectivity index (χ2v) is 6.21. The van der Waals surface area contributed by atoms with Gasteiger partial charge in [0.15, 0.2) is 5.82 Å². The van der Waals surface area contributed by atoms with E-state index in [1.165, 1.54) is 0 Å². The fourth-order valence-corrected chi connectivity index (χ4v) is 3.08. The van der Waals surface area contributed by atoms with Crippen LogP contribution in [0.1, 0.15) is 12.8 Å². The fourth-order valence-electron chi connectivity index (χ4n) is 2.56. The van der Waals surface area contributed by atoms with Gasteiger partial charge in [-0.1, -0.05) is 23.2 Å². The van der Waals surface area contributed by atoms with Gasteiger partial charge in [0.05, 0.1) is 5.69 Å². The van der Waals surface area contributed by atoms with Crippen molar-refractivity contribution in [3.05, 3.63) is 34.3 Å². The molecule has 0 spiro atoms. The maximum Gasteiger partial charge on any atom is 0.228 e. The third kappa shape index (κ3) is 4.61. The van der Waals surface area contributed by atoms with Crippen LogP contribution < -0.4 is 10.6 Å². The molecule has 1 aliphatic rings. The second-order valence-electron chi connectivity index (χ2n) is 5.34. The molecule has 8 heteroatoms. The zero-order valence-corrected chi connectivity index (χ0v) is 14.6. The number of rotatable bonds is 3. The van der Waals surface area contributed by atoms with Gasteiger partial charge in [0.25, 0.3) is 0 Å². The molecule has 3 rings (SSSR count). The van der Waals surface area contributed by atoms with Crippen LogP contribution in [0.15, 0.2) is 24.3 Å². The summed E-state index contributed by atoms with van der Waals surface area (Å²) in [7, 11) is 0. The molecule has 0 unspecified atom stereocenters. The van der Waals surface area contributed by atoms with E-state index in [4.69, 9.17) is 23.2 Å². The number of piperidine rings is 1. The van der Waals surface area contributed by atoms with Crippen molar-refractivity contribution < 1.29 is 4.79 Å². The number of nitrogens with zero attached hydrogens (tertiary/aromatic N) is 1. The Morgan fingerprint density at radius 2 is 1.78 bits per heavy atom. The Balaban J connectivity index is 0.00000192. The van der Waals surface area contributed by atoms with E-state index in [2.05, 4.69) is 20.8 Å². The Hall–Kier alpha value is -1.27. The molecule has 1 aromatic heterocycles. The summed E-state index contributed by atoms with van der Waals surface area (Å²) in [6.45, 7) is 1.76. The second kappa shape index (κ2) is 8.02. The van der Waals surface area contributed by atoms with Crippen molar-refractivity contribution in [2.24, 2.45) is 5.92 Å². The van der Waals surface area contributed by atoms with Crippen molar-refractivity contribution in [3.8, 4) is 11.3 Å². The number of amides is 1. The highest BCUT2D eigenvalue weighted by Crippen LogP contribution is 2.27. The van der Waals surface area contributed by atoms with Gasteiger partial charge in [0.2, 0.25) is 5.91 Å². The van der Waals surface area contributed by atoms with E-state index >= 15 is 0 Å². The normalized spacial score (nSPS) is 15.0. The lowest BCUT2D eigenvalue weighted by atomic mass is 9.97. The minimum atomic E-state index is 0. The van der Waals surface area contributed by atoms with Crippen LogP contribution in [-0.2, 0) is 4.79 Å². The Kier molecular flexibility index (Phi) is 6.30. The Bertz CT molecular complexity index is 663. The summed E-state index contributed by atoms with van der Waals surface area (Å²) < 4.78 is 0. The molecule has 1 amide bonds. The average Bonchev–Trinajstić information content (AvgIpc) is 2.96. The van der Waals surface area contributed by atoms with Crippen LogP contribution in [0, 0.1) is 5.92 Å². The van der Waals surface area contributed by atoms with Gasteiger partial charge in [-0.05, 0) is 44.1 Å². The average molecular weight is 376 g/mol. The number of H-pyrrole nitrogens is 1. The highest BCUT2D eigenvalue weighted by molar-refractivity contribution is 6.35. The number of carbonyl (C=O) groups is 1. The maximum atomic E-state index is 12.2. The Labute approximate surface area is 150 Å². The van der Waals surface area contributed by atoms with E-state index in [-0.39, 0.29) is 24.2 Å². The lowest BCUT2D eigenvalue weighted by Gasteiger charge is -2.21. The van der Waals surface area contributed by atoms with Crippen LogP contribution in [0.5, 0.6) is 0 Å². The maximum absolute atomic E-state index is 12.2. The largest absolute Gasteiger partial charge is 0.317 e. The van der Waals surface area contributed by atoms with Crippen LogP contribution in [-0.4, -0.2) is 29.2 Å². The summed E-state index contributed by atoms with van der Waals surface area (Å²) >= 11 is 12.0. The predicted octanol–water partition coefficient (Wildman–Crippen LogP) is 3.74. The van der Waals surface area contributed by atoms with Crippen molar-refractivity contribution in [1.29, 1.82) is 0 Å². The predicted molar refractivity (Wildman–Crippen MR) is 95.5 cm³/mol. The van der Waals surface area contributed by atoms with Crippen molar-refractivity contribution in [1.82, 2.24) is 15.5 Å². The SMILES string of the molecule is Cl.O=C(Nc1cc(-c2cc(Cl)cc(Cl)c2)[nH]n1)C1CCNCC1. The van der Waals surface area contributed by atoms with E-state index in [1.54, 1.807) is 24.3 Å². The minimum absolute atomic E-state index is 0. The number of benzene rings is 1. The molecule has 1 fully saturated rings. The molecule has 1 aliphatic heterocycles. The minimum Gasteiger partial charge on any atom is -0.317 e. The molecule has 2 heterocycles. The third-order valence-electron chi connectivity index (χ3n) is 3.71. The summed E-state index contributed by atoms with van der Waals surface area (Å²) in [6.07, 6.45) is 1.71. The van der Waals surface area contributed by atoms with Crippen LogP contribution in [0.2, 0.25) is 10.0 Å². The summed E-state index contributed by atoms with van der Waals surface area (Å²) in [6, 6.07) is 7.03. The molecule has 0 aliphatic carbocycles. The van der Waals surface area contributed by atoms with Crippen LogP contribution in [0.4, 0.5) is 5.82 Å². The van der Waals surface area contributed by atoms with Gasteiger partial charge >= 0.3 is 0 Å². The van der Waals surface area contributed by atoms with Gasteiger partial charge in [0.1, 0.15) is 0 Å². The first-order valence-electron chi connectivity index (χ1n) is 7.15. The summed E-state index contributed by atoms with van der Waals surface area (Å²) in [5, 5.41) is 14.2. The van der Waals surface area contributed by atoms with Crippen molar-refractivity contribution in [2.45, 2.75) is 12.8 Å². The molecular weight excluding hydrogens is 359 g/mol. The van der Waals surface area contributed by atoms with Crippen LogP contribution >= 0.6 is 35.6 Å². The van der Waals surface area contributed by atoms with Gasteiger partial charge in [-0.15, -0.1) is 12.4 Å². The number of aromatic amines is 1. The molecule has 0 saturated carbocycles. The van der Waals surface area contributed by atoms with E-state index in [0.29, 0.717) is 15.9 Å². The van der Waals surface area contributed by atoms with E-state index in [0.717, 1.165) is 37.2 Å². The molecule has 1 saturated heterocycles. The van der Waals surface area contributed by atoms with Crippen molar-refractivity contribution in [3.63, 3.8) is 0 Å². The molecule has 0 bridgehead atoms. The standard InChI is InChI=1S/C15H16Cl2N4O.ClH/c16-11-5-10(6-12(17)7-11)13-8-14(21-20-13)19-15(22)9-1-3-18-4-2-9;/h5-9,18H,1-4H2,(H2,19,20,21,22);1H. The smallest absolute Gasteiger partial charge is 0.228 e. The van der Waals surface area contributed by atoms with Crippen molar-refractivity contribution >= 4 is 47.3 Å². The Morgan fingerprint density at radius 1 is 1.13 bits per heavy atom. The lowest BCUT2D eigenvalue weighted by molar-refractivity contribution is -0.120. The van der Waals surface area contributed by atoms with Gasteiger partial charge in [0, 0.05) is 27.6 Å². The van der Waals surface area contributed by atoms with Gasteiger partial charge in [-0.25, -0.2) is 0 Å². The van der Waals surface area contributed by atoms with Gasteiger partial charge in [-0.3, -0.25) is 9.89 Å². The third-order valence-corrected chi connectivity index (χ3v) is 4.15. The summed E-state index contributed by atoms with van der Waals surface area (Å²) in [5.41, 5.74) is 1.58. The first-order valence-corrected chi connectivity index (χ1v) is 7.91. The summed E-state index contributed by atoms with van der Waals surface area (Å²) in [4.78, 5) is 12.2. The molecule has 124 valence electrons.